The van der Waals surface area contributed by atoms with Crippen LogP contribution < -0.4 is 5.32 Å². The van der Waals surface area contributed by atoms with Gasteiger partial charge in [0.25, 0.3) is 0 Å². The van der Waals surface area contributed by atoms with Crippen molar-refractivity contribution in [1.29, 1.82) is 0 Å². The number of aliphatic hydroxyl groups excluding tert-OH is 2. The third-order valence-corrected chi connectivity index (χ3v) is 5.52. The van der Waals surface area contributed by atoms with Gasteiger partial charge in [-0.15, -0.1) is 0 Å². The van der Waals surface area contributed by atoms with E-state index >= 15 is 0 Å². The molecule has 0 spiro atoms. The zero-order valence-electron chi connectivity index (χ0n) is 18.8. The highest BCUT2D eigenvalue weighted by Gasteiger charge is 2.31. The maximum atomic E-state index is 12.6. The van der Waals surface area contributed by atoms with Crippen LogP contribution in [0.15, 0.2) is 12.1 Å². The molecule has 0 aromatic heterocycles. The minimum absolute atomic E-state index is 0.0877. The van der Waals surface area contributed by atoms with Crippen molar-refractivity contribution >= 4 is 5.91 Å². The van der Waals surface area contributed by atoms with Gasteiger partial charge in [-0.2, -0.15) is 0 Å². The molecule has 160 valence electrons. The molecule has 5 nitrogen and oxygen atoms in total. The van der Waals surface area contributed by atoms with Crippen LogP contribution in [0, 0.1) is 0 Å². The molecule has 0 aliphatic rings. The summed E-state index contributed by atoms with van der Waals surface area (Å²) < 4.78 is 0. The average Bonchev–Trinajstić information content (AvgIpc) is 2.57. The molecule has 4 N–H and O–H groups in total. The SMILES string of the molecule is CCC(CO)(CO)NC(=O)CC(C)c1cc(C(C)(C)C)cc(C(C)(C)C)c1O. The Labute approximate surface area is 170 Å². The summed E-state index contributed by atoms with van der Waals surface area (Å²) in [5.41, 5.74) is 1.41. The number of carbonyl (C=O) groups is 1. The van der Waals surface area contributed by atoms with E-state index in [1.54, 1.807) is 0 Å². The van der Waals surface area contributed by atoms with Crippen LogP contribution in [0.3, 0.4) is 0 Å². The van der Waals surface area contributed by atoms with Gasteiger partial charge in [-0.05, 0) is 39.9 Å². The number of phenols is 1. The molecule has 5 heteroatoms. The van der Waals surface area contributed by atoms with Crippen molar-refractivity contribution in [3.8, 4) is 5.75 Å². The van der Waals surface area contributed by atoms with Crippen LogP contribution >= 0.6 is 0 Å². The number of carbonyl (C=O) groups excluding carboxylic acids is 1. The minimum Gasteiger partial charge on any atom is -0.507 e. The van der Waals surface area contributed by atoms with Crippen molar-refractivity contribution in [2.24, 2.45) is 0 Å². The van der Waals surface area contributed by atoms with E-state index in [4.69, 9.17) is 0 Å². The smallest absolute Gasteiger partial charge is 0.221 e. The second-order valence-corrected chi connectivity index (χ2v) is 10.1. The summed E-state index contributed by atoms with van der Waals surface area (Å²) in [6.45, 7) is 15.7. The van der Waals surface area contributed by atoms with Gasteiger partial charge < -0.3 is 20.6 Å². The summed E-state index contributed by atoms with van der Waals surface area (Å²) in [7, 11) is 0. The average molecular weight is 394 g/mol. The standard InChI is InChI=1S/C23H39NO4/c1-9-23(13-25,14-26)24-19(27)10-15(2)17-11-16(21(3,4)5)12-18(20(17)28)22(6,7)8/h11-12,15,25-26,28H,9-10,13-14H2,1-8H3,(H,24,27). The second kappa shape index (κ2) is 8.83. The quantitative estimate of drug-likeness (QED) is 0.568. The van der Waals surface area contributed by atoms with Crippen molar-refractivity contribution < 1.29 is 20.1 Å². The minimum atomic E-state index is -1.01. The molecule has 1 atom stereocenters. The van der Waals surface area contributed by atoms with E-state index in [9.17, 15) is 20.1 Å². The Balaban J connectivity index is 3.26. The molecule has 1 amide bonds. The summed E-state index contributed by atoms with van der Waals surface area (Å²) in [5.74, 6) is -0.225. The van der Waals surface area contributed by atoms with Crippen LogP contribution in [0.2, 0.25) is 0 Å². The maximum absolute atomic E-state index is 12.6. The van der Waals surface area contributed by atoms with E-state index in [2.05, 4.69) is 52.9 Å². The lowest BCUT2D eigenvalue weighted by atomic mass is 9.77. The van der Waals surface area contributed by atoms with Crippen molar-refractivity contribution in [1.82, 2.24) is 5.32 Å². The van der Waals surface area contributed by atoms with Gasteiger partial charge in [0.1, 0.15) is 5.75 Å². The van der Waals surface area contributed by atoms with Crippen LogP contribution in [0.1, 0.15) is 90.8 Å². The first-order valence-corrected chi connectivity index (χ1v) is 10.1. The number of phenolic OH excluding ortho intramolecular Hbond substituents is 1. The summed E-state index contributed by atoms with van der Waals surface area (Å²) in [5, 5.41) is 32.8. The Morgan fingerprint density at radius 1 is 1.04 bits per heavy atom. The number of aromatic hydroxyl groups is 1. The third kappa shape index (κ3) is 5.71. The monoisotopic (exact) mass is 393 g/mol. The number of hydrogen-bond acceptors (Lipinski definition) is 4. The molecule has 0 saturated heterocycles. The summed E-state index contributed by atoms with van der Waals surface area (Å²) >= 11 is 0. The first-order chi connectivity index (χ1) is 12.7. The number of benzene rings is 1. The molecule has 1 aromatic rings. The normalized spacial score (nSPS) is 14.1. The molecule has 1 aromatic carbocycles. The molecule has 1 rings (SSSR count). The predicted octanol–water partition coefficient (Wildman–Crippen LogP) is 3.73. The Kier molecular flexibility index (Phi) is 7.71. The van der Waals surface area contributed by atoms with Gasteiger partial charge in [0.05, 0.1) is 18.8 Å². The predicted molar refractivity (Wildman–Crippen MR) is 114 cm³/mol. The lowest BCUT2D eigenvalue weighted by Gasteiger charge is -2.31. The summed E-state index contributed by atoms with van der Waals surface area (Å²) in [6.07, 6.45) is 0.589. The largest absolute Gasteiger partial charge is 0.507 e. The summed E-state index contributed by atoms with van der Waals surface area (Å²) in [6, 6.07) is 4.05. The first-order valence-electron chi connectivity index (χ1n) is 10.1. The summed E-state index contributed by atoms with van der Waals surface area (Å²) in [4.78, 5) is 12.6. The fraction of sp³-hybridized carbons (Fsp3) is 0.696. The van der Waals surface area contributed by atoms with Crippen LogP contribution in [0.5, 0.6) is 5.75 Å². The van der Waals surface area contributed by atoms with Crippen LogP contribution in [0.4, 0.5) is 0 Å². The van der Waals surface area contributed by atoms with Crippen molar-refractivity contribution in [3.63, 3.8) is 0 Å². The number of amides is 1. The van der Waals surface area contributed by atoms with Gasteiger partial charge in [0, 0.05) is 6.42 Å². The Bertz CT molecular complexity index is 671. The zero-order valence-corrected chi connectivity index (χ0v) is 18.8. The van der Waals surface area contributed by atoms with Crippen LogP contribution in [0.25, 0.3) is 0 Å². The van der Waals surface area contributed by atoms with Crippen molar-refractivity contribution in [2.75, 3.05) is 13.2 Å². The topological polar surface area (TPSA) is 89.8 Å². The van der Waals surface area contributed by atoms with Crippen LogP contribution in [-0.2, 0) is 15.6 Å². The van der Waals surface area contributed by atoms with E-state index < -0.39 is 5.54 Å². The lowest BCUT2D eigenvalue weighted by Crippen LogP contribution is -2.53. The van der Waals surface area contributed by atoms with Gasteiger partial charge in [0.2, 0.25) is 5.91 Å². The Morgan fingerprint density at radius 2 is 1.57 bits per heavy atom. The molecular weight excluding hydrogens is 354 g/mol. The van der Waals surface area contributed by atoms with E-state index in [1.807, 2.05) is 19.9 Å². The highest BCUT2D eigenvalue weighted by atomic mass is 16.3. The Morgan fingerprint density at radius 3 is 1.96 bits per heavy atom. The first kappa shape index (κ1) is 24.4. The third-order valence-electron chi connectivity index (χ3n) is 5.52. The van der Waals surface area contributed by atoms with Gasteiger partial charge >= 0.3 is 0 Å². The molecule has 0 fully saturated rings. The van der Waals surface area contributed by atoms with Crippen molar-refractivity contribution in [2.45, 2.75) is 90.5 Å². The highest BCUT2D eigenvalue weighted by molar-refractivity contribution is 5.78. The molecule has 0 radical (unpaired) electrons. The fourth-order valence-electron chi connectivity index (χ4n) is 3.21. The van der Waals surface area contributed by atoms with Gasteiger partial charge in [0.15, 0.2) is 0 Å². The number of rotatable bonds is 7. The number of hydrogen-bond donors (Lipinski definition) is 4. The zero-order chi connectivity index (χ0) is 21.9. The van der Waals surface area contributed by atoms with Crippen molar-refractivity contribution in [3.05, 3.63) is 28.8 Å². The molecule has 0 bridgehead atoms. The molecule has 0 aliphatic heterocycles. The lowest BCUT2D eigenvalue weighted by molar-refractivity contribution is -0.124. The molecule has 0 saturated carbocycles. The second-order valence-electron chi connectivity index (χ2n) is 10.1. The molecule has 0 aliphatic carbocycles. The molecule has 28 heavy (non-hydrogen) atoms. The van der Waals surface area contributed by atoms with Gasteiger partial charge in [-0.1, -0.05) is 67.5 Å². The van der Waals surface area contributed by atoms with E-state index in [-0.39, 0.29) is 48.0 Å². The van der Waals surface area contributed by atoms with Gasteiger partial charge in [-0.25, -0.2) is 0 Å². The highest BCUT2D eigenvalue weighted by Crippen LogP contribution is 2.41. The number of aliphatic hydroxyl groups is 2. The molecule has 0 heterocycles. The Hall–Kier alpha value is -1.59. The van der Waals surface area contributed by atoms with E-state index in [0.29, 0.717) is 6.42 Å². The fourth-order valence-corrected chi connectivity index (χ4v) is 3.21. The molecule has 1 unspecified atom stereocenters. The van der Waals surface area contributed by atoms with Crippen LogP contribution in [-0.4, -0.2) is 40.0 Å². The maximum Gasteiger partial charge on any atom is 0.221 e. The van der Waals surface area contributed by atoms with Gasteiger partial charge in [-0.3, -0.25) is 4.79 Å². The number of nitrogens with one attached hydrogen (secondary N) is 1. The van der Waals surface area contributed by atoms with E-state index in [1.165, 1.54) is 0 Å². The van der Waals surface area contributed by atoms with E-state index in [0.717, 1.165) is 16.7 Å². The molecular formula is C23H39NO4.